The molecule has 2 rings (SSSR count). The molecule has 0 aromatic heterocycles. The van der Waals surface area contributed by atoms with E-state index in [1.54, 1.807) is 6.07 Å². The first kappa shape index (κ1) is 11.1. The number of nitrogens with one attached hydrogen (secondary N) is 1. The molecule has 0 amide bonds. The first-order valence-corrected chi connectivity index (χ1v) is 5.49. The summed E-state index contributed by atoms with van der Waals surface area (Å²) in [6, 6.07) is 12.9. The molecule has 2 nitrogen and oxygen atoms in total. The molecule has 2 aromatic carbocycles. The quantitative estimate of drug-likeness (QED) is 0.782. The van der Waals surface area contributed by atoms with Gasteiger partial charge in [-0.2, -0.15) is 0 Å². The Bertz CT molecular complexity index is 512. The third-order valence-corrected chi connectivity index (χ3v) is 2.86. The Hall–Kier alpha value is -1.38. The van der Waals surface area contributed by atoms with Gasteiger partial charge in [0.1, 0.15) is 0 Å². The van der Waals surface area contributed by atoms with Crippen LogP contribution in [0.15, 0.2) is 42.5 Å². The molecule has 0 aliphatic carbocycles. The van der Waals surface area contributed by atoms with Crippen LogP contribution in [0.4, 0.5) is 17.1 Å². The highest BCUT2D eigenvalue weighted by molar-refractivity contribution is 6.34. The van der Waals surface area contributed by atoms with Crippen LogP contribution in [0.3, 0.4) is 0 Å². The van der Waals surface area contributed by atoms with Gasteiger partial charge in [-0.1, -0.05) is 41.4 Å². The number of anilines is 3. The minimum atomic E-state index is 0.518. The Morgan fingerprint density at radius 1 is 0.812 bits per heavy atom. The predicted molar refractivity (Wildman–Crippen MR) is 70.6 cm³/mol. The lowest BCUT2D eigenvalue weighted by atomic mass is 10.2. The molecule has 0 spiro atoms. The minimum Gasteiger partial charge on any atom is -0.396 e. The first-order chi connectivity index (χ1) is 7.68. The summed E-state index contributed by atoms with van der Waals surface area (Å²) >= 11 is 12.0. The van der Waals surface area contributed by atoms with Crippen molar-refractivity contribution in [3.05, 3.63) is 52.5 Å². The number of hydrogen-bond donors (Lipinski definition) is 2. The van der Waals surface area contributed by atoms with Crippen molar-refractivity contribution in [2.45, 2.75) is 0 Å². The molecule has 0 radical (unpaired) electrons. The van der Waals surface area contributed by atoms with Crippen molar-refractivity contribution in [2.75, 3.05) is 11.1 Å². The zero-order valence-electron chi connectivity index (χ0n) is 8.37. The molecular weight excluding hydrogens is 243 g/mol. The van der Waals surface area contributed by atoms with Crippen LogP contribution >= 0.6 is 23.2 Å². The lowest BCUT2D eigenvalue weighted by molar-refractivity contribution is 1.54. The SMILES string of the molecule is Nc1c(Cl)cccc1Nc1ccccc1Cl. The molecule has 0 aliphatic rings. The summed E-state index contributed by atoms with van der Waals surface area (Å²) in [5.41, 5.74) is 7.92. The van der Waals surface area contributed by atoms with E-state index in [1.165, 1.54) is 0 Å². The van der Waals surface area contributed by atoms with E-state index in [-0.39, 0.29) is 0 Å². The van der Waals surface area contributed by atoms with E-state index < -0.39 is 0 Å². The van der Waals surface area contributed by atoms with Gasteiger partial charge in [0, 0.05) is 0 Å². The van der Waals surface area contributed by atoms with Crippen LogP contribution in [0.1, 0.15) is 0 Å². The fourth-order valence-electron chi connectivity index (χ4n) is 1.35. The summed E-state index contributed by atoms with van der Waals surface area (Å²) in [4.78, 5) is 0. The average Bonchev–Trinajstić information content (AvgIpc) is 2.28. The first-order valence-electron chi connectivity index (χ1n) is 4.74. The number of rotatable bonds is 2. The van der Waals surface area contributed by atoms with Crippen LogP contribution in [0.2, 0.25) is 10.0 Å². The second kappa shape index (κ2) is 4.64. The molecule has 0 atom stereocenters. The number of nitrogen functional groups attached to an aromatic ring is 1. The van der Waals surface area contributed by atoms with Gasteiger partial charge in [-0.25, -0.2) is 0 Å². The van der Waals surface area contributed by atoms with Crippen LogP contribution in [0, 0.1) is 0 Å². The maximum atomic E-state index is 6.03. The second-order valence-electron chi connectivity index (χ2n) is 3.31. The van der Waals surface area contributed by atoms with Gasteiger partial charge in [-0.05, 0) is 24.3 Å². The Labute approximate surface area is 104 Å². The Balaban J connectivity index is 2.35. The number of benzene rings is 2. The second-order valence-corrected chi connectivity index (χ2v) is 4.12. The average molecular weight is 253 g/mol. The van der Waals surface area contributed by atoms with Gasteiger partial charge in [0.15, 0.2) is 0 Å². The molecule has 0 bridgehead atoms. The molecule has 16 heavy (non-hydrogen) atoms. The lowest BCUT2D eigenvalue weighted by Crippen LogP contribution is -1.97. The molecule has 0 heterocycles. The molecule has 0 unspecified atom stereocenters. The highest BCUT2D eigenvalue weighted by atomic mass is 35.5. The summed E-state index contributed by atoms with van der Waals surface area (Å²) in [7, 11) is 0. The molecule has 0 aliphatic heterocycles. The lowest BCUT2D eigenvalue weighted by Gasteiger charge is -2.11. The van der Waals surface area contributed by atoms with Crippen LogP contribution in [-0.4, -0.2) is 0 Å². The predicted octanol–water partition coefficient (Wildman–Crippen LogP) is 4.32. The summed E-state index contributed by atoms with van der Waals surface area (Å²) in [6.45, 7) is 0. The van der Waals surface area contributed by atoms with Crippen LogP contribution in [0.25, 0.3) is 0 Å². The zero-order chi connectivity index (χ0) is 11.5. The van der Waals surface area contributed by atoms with Gasteiger partial charge in [0.25, 0.3) is 0 Å². The maximum Gasteiger partial charge on any atom is 0.0742 e. The van der Waals surface area contributed by atoms with Gasteiger partial charge >= 0.3 is 0 Å². The topological polar surface area (TPSA) is 38.0 Å². The van der Waals surface area contributed by atoms with E-state index in [0.29, 0.717) is 15.7 Å². The molecule has 2 aromatic rings. The zero-order valence-corrected chi connectivity index (χ0v) is 9.89. The fourth-order valence-corrected chi connectivity index (χ4v) is 1.71. The van der Waals surface area contributed by atoms with E-state index in [1.807, 2.05) is 36.4 Å². The van der Waals surface area contributed by atoms with Gasteiger partial charge < -0.3 is 11.1 Å². The summed E-state index contributed by atoms with van der Waals surface area (Å²) in [5.74, 6) is 0. The van der Waals surface area contributed by atoms with Crippen LogP contribution in [-0.2, 0) is 0 Å². The van der Waals surface area contributed by atoms with Crippen molar-refractivity contribution in [1.82, 2.24) is 0 Å². The van der Waals surface area contributed by atoms with Gasteiger partial charge in [0.05, 0.1) is 27.1 Å². The summed E-state index contributed by atoms with van der Waals surface area (Å²) in [6.07, 6.45) is 0. The number of para-hydroxylation sites is 2. The third kappa shape index (κ3) is 2.23. The number of hydrogen-bond acceptors (Lipinski definition) is 2. The maximum absolute atomic E-state index is 6.03. The van der Waals surface area contributed by atoms with Crippen LogP contribution in [0.5, 0.6) is 0 Å². The summed E-state index contributed by atoms with van der Waals surface area (Å²) in [5, 5.41) is 4.31. The Kier molecular flexibility index (Phi) is 3.22. The van der Waals surface area contributed by atoms with E-state index in [4.69, 9.17) is 28.9 Å². The fraction of sp³-hybridized carbons (Fsp3) is 0. The van der Waals surface area contributed by atoms with Gasteiger partial charge in [0.2, 0.25) is 0 Å². The highest BCUT2D eigenvalue weighted by Crippen LogP contribution is 2.31. The Morgan fingerprint density at radius 2 is 1.44 bits per heavy atom. The minimum absolute atomic E-state index is 0.518. The molecule has 3 N–H and O–H groups in total. The van der Waals surface area contributed by atoms with Gasteiger partial charge in [-0.15, -0.1) is 0 Å². The number of nitrogens with two attached hydrogens (primary N) is 1. The molecule has 0 saturated carbocycles. The van der Waals surface area contributed by atoms with E-state index in [2.05, 4.69) is 5.32 Å². The highest BCUT2D eigenvalue weighted by Gasteiger charge is 2.04. The van der Waals surface area contributed by atoms with Crippen molar-refractivity contribution < 1.29 is 0 Å². The molecule has 0 fully saturated rings. The largest absolute Gasteiger partial charge is 0.396 e. The molecule has 82 valence electrons. The van der Waals surface area contributed by atoms with E-state index >= 15 is 0 Å². The van der Waals surface area contributed by atoms with Crippen LogP contribution < -0.4 is 11.1 Å². The number of halogens is 2. The smallest absolute Gasteiger partial charge is 0.0742 e. The van der Waals surface area contributed by atoms with Crippen molar-refractivity contribution in [1.29, 1.82) is 0 Å². The van der Waals surface area contributed by atoms with Crippen molar-refractivity contribution >= 4 is 40.3 Å². The normalized spacial score (nSPS) is 10.1. The van der Waals surface area contributed by atoms with Crippen molar-refractivity contribution in [3.8, 4) is 0 Å². The monoisotopic (exact) mass is 252 g/mol. The third-order valence-electron chi connectivity index (χ3n) is 2.20. The molecule has 4 heteroatoms. The Morgan fingerprint density at radius 3 is 2.19 bits per heavy atom. The molecular formula is C12H10Cl2N2. The molecule has 0 saturated heterocycles. The van der Waals surface area contributed by atoms with E-state index in [9.17, 15) is 0 Å². The van der Waals surface area contributed by atoms with Crippen molar-refractivity contribution in [3.63, 3.8) is 0 Å². The summed E-state index contributed by atoms with van der Waals surface area (Å²) < 4.78 is 0. The van der Waals surface area contributed by atoms with E-state index in [0.717, 1.165) is 11.4 Å². The standard InChI is InChI=1S/C12H10Cl2N2/c13-8-4-1-2-6-10(8)16-11-7-3-5-9(14)12(11)15/h1-7,16H,15H2. The van der Waals surface area contributed by atoms with Gasteiger partial charge in [-0.3, -0.25) is 0 Å². The van der Waals surface area contributed by atoms with Crippen molar-refractivity contribution in [2.24, 2.45) is 0 Å².